The first kappa shape index (κ1) is 15.0. The van der Waals surface area contributed by atoms with E-state index in [1.165, 1.54) is 37.7 Å². The summed E-state index contributed by atoms with van der Waals surface area (Å²) in [4.78, 5) is 14.9. The summed E-state index contributed by atoms with van der Waals surface area (Å²) in [5.41, 5.74) is 1.24. The highest BCUT2D eigenvalue weighted by atomic mass is 32.1. The molecule has 3 unspecified atom stereocenters. The van der Waals surface area contributed by atoms with Crippen molar-refractivity contribution >= 4 is 17.2 Å². The van der Waals surface area contributed by atoms with Crippen molar-refractivity contribution in [3.05, 3.63) is 22.4 Å². The van der Waals surface area contributed by atoms with Crippen LogP contribution in [0.1, 0.15) is 64.1 Å². The number of nitrogens with one attached hydrogen (secondary N) is 1. The Morgan fingerprint density at radius 2 is 2.14 bits per heavy atom. The Hall–Kier alpha value is -0.870. The molecule has 3 rings (SSSR count). The first-order valence-electron chi connectivity index (χ1n) is 8.32. The van der Waals surface area contributed by atoms with Gasteiger partial charge in [0, 0.05) is 6.04 Å². The molecule has 116 valence electrons. The fourth-order valence-corrected chi connectivity index (χ4v) is 4.74. The Kier molecular flexibility index (Phi) is 4.65. The third kappa shape index (κ3) is 2.88. The van der Waals surface area contributed by atoms with Crippen LogP contribution in [0.5, 0.6) is 0 Å². The van der Waals surface area contributed by atoms with Crippen LogP contribution in [0.25, 0.3) is 0 Å². The van der Waals surface area contributed by atoms with Gasteiger partial charge in [0.15, 0.2) is 0 Å². The van der Waals surface area contributed by atoms with Crippen LogP contribution >= 0.6 is 11.3 Å². The van der Waals surface area contributed by atoms with Gasteiger partial charge < -0.3 is 4.90 Å². The highest BCUT2D eigenvalue weighted by Crippen LogP contribution is 2.37. The van der Waals surface area contributed by atoms with E-state index in [0.717, 1.165) is 6.42 Å². The van der Waals surface area contributed by atoms with Crippen molar-refractivity contribution in [1.29, 1.82) is 0 Å². The number of amides is 1. The zero-order valence-electron chi connectivity index (χ0n) is 13.0. The highest BCUT2D eigenvalue weighted by Gasteiger charge is 2.43. The average molecular weight is 306 g/mol. The lowest BCUT2D eigenvalue weighted by molar-refractivity contribution is -0.133. The summed E-state index contributed by atoms with van der Waals surface area (Å²) in [5, 5.41) is 7.76. The van der Waals surface area contributed by atoms with E-state index in [1.54, 1.807) is 11.3 Å². The molecular weight excluding hydrogens is 280 g/mol. The predicted molar refractivity (Wildman–Crippen MR) is 87.2 cm³/mol. The van der Waals surface area contributed by atoms with Crippen LogP contribution in [0, 0.1) is 5.92 Å². The molecule has 0 radical (unpaired) electrons. The second kappa shape index (κ2) is 6.49. The lowest BCUT2D eigenvalue weighted by Gasteiger charge is -2.39. The Bertz CT molecular complexity index is 467. The van der Waals surface area contributed by atoms with Gasteiger partial charge in [-0.1, -0.05) is 26.2 Å². The summed E-state index contributed by atoms with van der Waals surface area (Å²) in [6, 6.07) is 2.47. The summed E-state index contributed by atoms with van der Waals surface area (Å²) in [5.74, 6) is 0.963. The molecule has 2 aliphatic rings. The van der Waals surface area contributed by atoms with Gasteiger partial charge in [-0.05, 0) is 54.5 Å². The van der Waals surface area contributed by atoms with Crippen LogP contribution < -0.4 is 5.32 Å². The zero-order chi connectivity index (χ0) is 14.8. The number of carbonyl (C=O) groups excluding carboxylic acids is 1. The number of hydrogen-bond acceptors (Lipinski definition) is 3. The minimum Gasteiger partial charge on any atom is -0.318 e. The van der Waals surface area contributed by atoms with Gasteiger partial charge >= 0.3 is 0 Å². The maximum atomic E-state index is 12.7. The molecule has 0 aromatic carbocycles. The maximum absolute atomic E-state index is 12.7. The molecule has 4 heteroatoms. The molecule has 2 heterocycles. The van der Waals surface area contributed by atoms with E-state index in [0.29, 0.717) is 12.0 Å². The molecule has 3 atom stereocenters. The van der Waals surface area contributed by atoms with Gasteiger partial charge in [-0.2, -0.15) is 11.3 Å². The maximum Gasteiger partial charge on any atom is 0.241 e. The van der Waals surface area contributed by atoms with Gasteiger partial charge in [-0.25, -0.2) is 0 Å². The first-order valence-corrected chi connectivity index (χ1v) is 9.27. The van der Waals surface area contributed by atoms with Crippen molar-refractivity contribution in [2.45, 2.75) is 70.6 Å². The Labute approximate surface area is 131 Å². The summed E-state index contributed by atoms with van der Waals surface area (Å²) < 4.78 is 0. The van der Waals surface area contributed by atoms with Gasteiger partial charge in [-0.15, -0.1) is 0 Å². The van der Waals surface area contributed by atoms with Crippen LogP contribution in [0.15, 0.2) is 16.8 Å². The molecule has 1 aliphatic heterocycles. The third-order valence-electron chi connectivity index (χ3n) is 5.14. The van der Waals surface area contributed by atoms with Gasteiger partial charge in [0.25, 0.3) is 0 Å². The van der Waals surface area contributed by atoms with Crippen molar-refractivity contribution in [2.24, 2.45) is 5.92 Å². The SMILES string of the molecule is CCC(C1CCCCC1)N1C(=O)C(C)NC1c1ccsc1. The van der Waals surface area contributed by atoms with Crippen LogP contribution in [-0.2, 0) is 4.79 Å². The zero-order valence-corrected chi connectivity index (χ0v) is 13.9. The number of carbonyl (C=O) groups is 1. The largest absolute Gasteiger partial charge is 0.318 e. The van der Waals surface area contributed by atoms with E-state index in [4.69, 9.17) is 0 Å². The van der Waals surface area contributed by atoms with Gasteiger partial charge in [-0.3, -0.25) is 10.1 Å². The van der Waals surface area contributed by atoms with Crippen molar-refractivity contribution in [1.82, 2.24) is 10.2 Å². The smallest absolute Gasteiger partial charge is 0.241 e. The summed E-state index contributed by atoms with van der Waals surface area (Å²) >= 11 is 1.71. The first-order chi connectivity index (χ1) is 10.2. The Morgan fingerprint density at radius 1 is 1.38 bits per heavy atom. The molecule has 1 amide bonds. The van der Waals surface area contributed by atoms with Gasteiger partial charge in [0.05, 0.1) is 6.04 Å². The number of hydrogen-bond donors (Lipinski definition) is 1. The normalized spacial score (nSPS) is 29.0. The molecule has 1 saturated carbocycles. The van der Waals surface area contributed by atoms with Gasteiger partial charge in [0.1, 0.15) is 6.17 Å². The van der Waals surface area contributed by atoms with E-state index in [-0.39, 0.29) is 18.1 Å². The van der Waals surface area contributed by atoms with Crippen molar-refractivity contribution in [3.8, 4) is 0 Å². The predicted octanol–water partition coefficient (Wildman–Crippen LogP) is 3.93. The fraction of sp³-hybridized carbons (Fsp3) is 0.706. The van der Waals surface area contributed by atoms with Crippen molar-refractivity contribution in [3.63, 3.8) is 0 Å². The Balaban J connectivity index is 1.86. The summed E-state index contributed by atoms with van der Waals surface area (Å²) in [6.07, 6.45) is 7.73. The van der Waals surface area contributed by atoms with E-state index in [2.05, 4.69) is 34.0 Å². The molecule has 1 aromatic rings. The topological polar surface area (TPSA) is 32.3 Å². The third-order valence-corrected chi connectivity index (χ3v) is 5.84. The van der Waals surface area contributed by atoms with E-state index in [1.807, 2.05) is 6.92 Å². The molecule has 0 bridgehead atoms. The molecule has 1 saturated heterocycles. The van der Waals surface area contributed by atoms with E-state index in [9.17, 15) is 4.79 Å². The molecule has 1 aromatic heterocycles. The lowest BCUT2D eigenvalue weighted by Crippen LogP contribution is -2.44. The molecule has 1 N–H and O–H groups in total. The van der Waals surface area contributed by atoms with Crippen LogP contribution in [-0.4, -0.2) is 22.9 Å². The quantitative estimate of drug-likeness (QED) is 0.914. The second-order valence-electron chi connectivity index (χ2n) is 6.47. The molecule has 0 spiro atoms. The molecular formula is C17H26N2OS. The molecule has 3 nitrogen and oxygen atoms in total. The van der Waals surface area contributed by atoms with Crippen molar-refractivity contribution < 1.29 is 4.79 Å². The summed E-state index contributed by atoms with van der Waals surface area (Å²) in [7, 11) is 0. The van der Waals surface area contributed by atoms with Crippen LogP contribution in [0.4, 0.5) is 0 Å². The van der Waals surface area contributed by atoms with Crippen molar-refractivity contribution in [2.75, 3.05) is 0 Å². The molecule has 1 aliphatic carbocycles. The van der Waals surface area contributed by atoms with Crippen LogP contribution in [0.2, 0.25) is 0 Å². The fourth-order valence-electron chi connectivity index (χ4n) is 4.06. The number of thiophene rings is 1. The average Bonchev–Trinajstić information content (AvgIpc) is 3.13. The van der Waals surface area contributed by atoms with E-state index >= 15 is 0 Å². The van der Waals surface area contributed by atoms with E-state index < -0.39 is 0 Å². The molecule has 2 fully saturated rings. The standard InChI is InChI=1S/C17H26N2OS/c1-3-15(13-7-5-4-6-8-13)19-16(14-9-10-21-11-14)18-12(2)17(19)20/h9-13,15-16,18H,3-8H2,1-2H3. The van der Waals surface area contributed by atoms with Crippen LogP contribution in [0.3, 0.4) is 0 Å². The monoisotopic (exact) mass is 306 g/mol. The lowest BCUT2D eigenvalue weighted by atomic mass is 9.82. The minimum atomic E-state index is -0.0625. The number of rotatable bonds is 4. The second-order valence-corrected chi connectivity index (χ2v) is 7.25. The molecule has 21 heavy (non-hydrogen) atoms. The van der Waals surface area contributed by atoms with Gasteiger partial charge in [0.2, 0.25) is 5.91 Å². The highest BCUT2D eigenvalue weighted by molar-refractivity contribution is 7.07. The summed E-state index contributed by atoms with van der Waals surface area (Å²) in [6.45, 7) is 4.23. The minimum absolute atomic E-state index is 0.0625. The Morgan fingerprint density at radius 3 is 2.76 bits per heavy atom. The number of nitrogens with zero attached hydrogens (tertiary/aromatic N) is 1.